The molecular formula is C3H8BO2. The van der Waals surface area contributed by atoms with Crippen molar-refractivity contribution in [3.8, 4) is 0 Å². The van der Waals surface area contributed by atoms with E-state index in [0.29, 0.717) is 6.61 Å². The van der Waals surface area contributed by atoms with Crippen molar-refractivity contribution in [3.05, 3.63) is 0 Å². The summed E-state index contributed by atoms with van der Waals surface area (Å²) in [6, 6.07) is 0. The van der Waals surface area contributed by atoms with Crippen LogP contribution >= 0.6 is 0 Å². The van der Waals surface area contributed by atoms with E-state index < -0.39 is 0 Å². The zero-order chi connectivity index (χ0) is 4.83. The van der Waals surface area contributed by atoms with Crippen molar-refractivity contribution in [2.24, 2.45) is 0 Å². The molecular weight excluding hydrogens is 78.8 g/mol. The van der Waals surface area contributed by atoms with Crippen LogP contribution in [0.3, 0.4) is 0 Å². The van der Waals surface area contributed by atoms with E-state index in [1.54, 1.807) is 14.3 Å². The molecule has 0 saturated carbocycles. The van der Waals surface area contributed by atoms with Crippen molar-refractivity contribution in [2.75, 3.05) is 13.2 Å². The van der Waals surface area contributed by atoms with Crippen LogP contribution in [0.1, 0.15) is 0 Å². The van der Waals surface area contributed by atoms with E-state index >= 15 is 0 Å². The first-order valence-electron chi connectivity index (χ1n) is 1.92. The van der Waals surface area contributed by atoms with Gasteiger partial charge in [-0.2, -0.15) is 0 Å². The van der Waals surface area contributed by atoms with Crippen LogP contribution in [-0.2, 0) is 4.65 Å². The van der Waals surface area contributed by atoms with E-state index in [4.69, 9.17) is 5.11 Å². The number of aliphatic hydroxyl groups excluding tert-OH is 1. The van der Waals surface area contributed by atoms with Crippen LogP contribution in [0.2, 0.25) is 6.82 Å². The Morgan fingerprint density at radius 2 is 2.50 bits per heavy atom. The van der Waals surface area contributed by atoms with Gasteiger partial charge in [-0.15, -0.1) is 0 Å². The molecule has 0 saturated heterocycles. The molecule has 0 unspecified atom stereocenters. The minimum absolute atomic E-state index is 0.102. The van der Waals surface area contributed by atoms with Crippen LogP contribution < -0.4 is 0 Å². The van der Waals surface area contributed by atoms with Crippen molar-refractivity contribution < 1.29 is 9.76 Å². The highest BCUT2D eigenvalue weighted by atomic mass is 16.4. The summed E-state index contributed by atoms with van der Waals surface area (Å²) < 4.78 is 4.61. The van der Waals surface area contributed by atoms with Gasteiger partial charge >= 0.3 is 0 Å². The Bertz CT molecular complexity index is 20.8. The largest absolute Gasteiger partial charge is 0.438 e. The highest BCUT2D eigenvalue weighted by molar-refractivity contribution is 6.24. The maximum Gasteiger partial charge on any atom is 0.289 e. The lowest BCUT2D eigenvalue weighted by Gasteiger charge is -1.90. The fraction of sp³-hybridized carbons (Fsp3) is 1.00. The Labute approximate surface area is 38.4 Å². The maximum atomic E-state index is 8.05. The summed E-state index contributed by atoms with van der Waals surface area (Å²) in [7, 11) is 1.55. The monoisotopic (exact) mass is 87.1 g/mol. The third kappa shape index (κ3) is 3.98. The number of aliphatic hydroxyl groups is 1. The topological polar surface area (TPSA) is 29.5 Å². The fourth-order valence-corrected chi connectivity index (χ4v) is 0.171. The smallest absolute Gasteiger partial charge is 0.289 e. The predicted molar refractivity (Wildman–Crippen MR) is 24.7 cm³/mol. The van der Waals surface area contributed by atoms with Crippen LogP contribution in [0.25, 0.3) is 0 Å². The Morgan fingerprint density at radius 3 is 2.67 bits per heavy atom. The van der Waals surface area contributed by atoms with E-state index in [-0.39, 0.29) is 6.61 Å². The van der Waals surface area contributed by atoms with Gasteiger partial charge in [0.1, 0.15) is 0 Å². The van der Waals surface area contributed by atoms with Crippen LogP contribution in [0.5, 0.6) is 0 Å². The maximum absolute atomic E-state index is 8.05. The average Bonchev–Trinajstić information content (AvgIpc) is 1.61. The Morgan fingerprint density at radius 1 is 1.83 bits per heavy atom. The van der Waals surface area contributed by atoms with Gasteiger partial charge in [0.05, 0.1) is 13.2 Å². The van der Waals surface area contributed by atoms with Gasteiger partial charge < -0.3 is 9.76 Å². The molecule has 0 aliphatic rings. The summed E-state index contributed by atoms with van der Waals surface area (Å²) in [6.07, 6.45) is 0. The highest BCUT2D eigenvalue weighted by Gasteiger charge is 1.76. The zero-order valence-electron chi connectivity index (χ0n) is 3.85. The molecule has 0 aromatic rings. The number of hydrogen-bond acceptors (Lipinski definition) is 2. The minimum Gasteiger partial charge on any atom is -0.438 e. The standard InChI is InChI=1S/C3H8BO2/c1-4-6-3-2-5/h5H,2-3H2,1H3. The van der Waals surface area contributed by atoms with E-state index in [0.717, 1.165) is 0 Å². The fourth-order valence-electron chi connectivity index (χ4n) is 0.171. The summed E-state index contributed by atoms with van der Waals surface area (Å²) in [5.74, 6) is 0. The summed E-state index contributed by atoms with van der Waals surface area (Å²) >= 11 is 0. The first kappa shape index (κ1) is 5.98. The average molecular weight is 86.9 g/mol. The quantitative estimate of drug-likeness (QED) is 0.377. The molecule has 0 aromatic carbocycles. The van der Waals surface area contributed by atoms with Gasteiger partial charge in [-0.25, -0.2) is 0 Å². The Kier molecular flexibility index (Phi) is 4.97. The number of hydrogen-bond donors (Lipinski definition) is 1. The molecule has 3 heteroatoms. The molecule has 0 rings (SSSR count). The molecule has 0 aliphatic carbocycles. The van der Waals surface area contributed by atoms with Crippen LogP contribution in [-0.4, -0.2) is 25.8 Å². The highest BCUT2D eigenvalue weighted by Crippen LogP contribution is 1.63. The third-order valence-electron chi connectivity index (χ3n) is 0.376. The van der Waals surface area contributed by atoms with Crippen molar-refractivity contribution in [1.82, 2.24) is 0 Å². The van der Waals surface area contributed by atoms with Gasteiger partial charge in [-0.1, -0.05) is 6.82 Å². The lowest BCUT2D eigenvalue weighted by Crippen LogP contribution is -1.99. The van der Waals surface area contributed by atoms with Crippen molar-refractivity contribution >= 4 is 7.48 Å². The molecule has 0 aliphatic heterocycles. The number of rotatable bonds is 3. The van der Waals surface area contributed by atoms with Gasteiger partial charge in [0.2, 0.25) is 0 Å². The second kappa shape index (κ2) is 4.98. The normalized spacial score (nSPS) is 8.33. The Hall–Kier alpha value is -0.0151. The molecule has 0 heterocycles. The molecule has 0 aromatic heterocycles. The van der Waals surface area contributed by atoms with E-state index in [1.165, 1.54) is 0 Å². The SMILES string of the molecule is C[B]OCCO. The molecule has 0 amide bonds. The lowest BCUT2D eigenvalue weighted by atomic mass is 10.1. The predicted octanol–water partition coefficient (Wildman–Crippen LogP) is -0.337. The van der Waals surface area contributed by atoms with Gasteiger partial charge in [0.25, 0.3) is 7.48 Å². The lowest BCUT2D eigenvalue weighted by molar-refractivity contribution is 0.208. The van der Waals surface area contributed by atoms with Crippen LogP contribution in [0.4, 0.5) is 0 Å². The van der Waals surface area contributed by atoms with E-state index in [2.05, 4.69) is 4.65 Å². The molecule has 35 valence electrons. The molecule has 0 spiro atoms. The van der Waals surface area contributed by atoms with Gasteiger partial charge in [-0.05, 0) is 0 Å². The molecule has 1 radical (unpaired) electrons. The van der Waals surface area contributed by atoms with E-state index in [1.807, 2.05) is 0 Å². The Balaban J connectivity index is 2.34. The summed E-state index contributed by atoms with van der Waals surface area (Å²) in [5.41, 5.74) is 0. The molecule has 1 N–H and O–H groups in total. The van der Waals surface area contributed by atoms with Gasteiger partial charge in [0.15, 0.2) is 0 Å². The first-order chi connectivity index (χ1) is 2.91. The van der Waals surface area contributed by atoms with Crippen molar-refractivity contribution in [1.29, 1.82) is 0 Å². The molecule has 2 nitrogen and oxygen atoms in total. The minimum atomic E-state index is 0.102. The van der Waals surface area contributed by atoms with Crippen LogP contribution in [0, 0.1) is 0 Å². The van der Waals surface area contributed by atoms with Crippen LogP contribution in [0.15, 0.2) is 0 Å². The molecule has 0 bridgehead atoms. The zero-order valence-corrected chi connectivity index (χ0v) is 3.85. The first-order valence-corrected chi connectivity index (χ1v) is 1.92. The van der Waals surface area contributed by atoms with Gasteiger partial charge in [-0.3, -0.25) is 0 Å². The second-order valence-electron chi connectivity index (χ2n) is 0.830. The second-order valence-corrected chi connectivity index (χ2v) is 0.830. The van der Waals surface area contributed by atoms with Crippen molar-refractivity contribution in [2.45, 2.75) is 6.82 Å². The third-order valence-corrected chi connectivity index (χ3v) is 0.376. The summed E-state index contributed by atoms with van der Waals surface area (Å²) in [4.78, 5) is 0. The van der Waals surface area contributed by atoms with Crippen molar-refractivity contribution in [3.63, 3.8) is 0 Å². The molecule has 0 fully saturated rings. The molecule has 6 heavy (non-hydrogen) atoms. The van der Waals surface area contributed by atoms with Gasteiger partial charge in [0, 0.05) is 0 Å². The summed E-state index contributed by atoms with van der Waals surface area (Å²) in [5, 5.41) is 8.05. The molecule has 0 atom stereocenters. The summed E-state index contributed by atoms with van der Waals surface area (Å²) in [6.45, 7) is 2.29. The van der Waals surface area contributed by atoms with E-state index in [9.17, 15) is 0 Å².